The van der Waals surface area contributed by atoms with Crippen LogP contribution in [0.25, 0.3) is 0 Å². The zero-order valence-electron chi connectivity index (χ0n) is 12.4. The van der Waals surface area contributed by atoms with Gasteiger partial charge in [0, 0.05) is 11.0 Å². The third-order valence-electron chi connectivity index (χ3n) is 3.13. The van der Waals surface area contributed by atoms with E-state index >= 15 is 0 Å². The van der Waals surface area contributed by atoms with Crippen molar-refractivity contribution in [3.63, 3.8) is 0 Å². The van der Waals surface area contributed by atoms with E-state index in [0.29, 0.717) is 4.88 Å². The van der Waals surface area contributed by atoms with Crippen LogP contribution in [0.2, 0.25) is 0 Å². The highest BCUT2D eigenvalue weighted by atomic mass is 32.1. The average Bonchev–Trinajstić information content (AvgIpc) is 2.87. The SMILES string of the molecule is CCCc1cccc(C(=O)c2snnc2C(C)(C)C)c1. The molecule has 4 heteroatoms. The van der Waals surface area contributed by atoms with Gasteiger partial charge in [-0.15, -0.1) is 5.10 Å². The van der Waals surface area contributed by atoms with Gasteiger partial charge in [-0.25, -0.2) is 0 Å². The summed E-state index contributed by atoms with van der Waals surface area (Å²) in [6.45, 7) is 8.29. The number of benzene rings is 1. The van der Waals surface area contributed by atoms with Gasteiger partial charge in [-0.1, -0.05) is 56.8 Å². The molecular weight excluding hydrogens is 268 g/mol. The van der Waals surface area contributed by atoms with Crippen molar-refractivity contribution in [2.45, 2.75) is 46.0 Å². The summed E-state index contributed by atoms with van der Waals surface area (Å²) in [5.41, 5.74) is 2.55. The van der Waals surface area contributed by atoms with Crippen molar-refractivity contribution in [2.75, 3.05) is 0 Å². The van der Waals surface area contributed by atoms with E-state index in [0.717, 1.165) is 24.1 Å². The van der Waals surface area contributed by atoms with Gasteiger partial charge in [0.2, 0.25) is 5.78 Å². The molecule has 0 fully saturated rings. The van der Waals surface area contributed by atoms with E-state index in [1.807, 2.05) is 39.0 Å². The van der Waals surface area contributed by atoms with E-state index in [1.165, 1.54) is 17.1 Å². The topological polar surface area (TPSA) is 42.9 Å². The van der Waals surface area contributed by atoms with Gasteiger partial charge >= 0.3 is 0 Å². The second kappa shape index (κ2) is 5.83. The zero-order valence-corrected chi connectivity index (χ0v) is 13.3. The van der Waals surface area contributed by atoms with E-state index in [1.54, 1.807) is 0 Å². The molecule has 0 saturated carbocycles. The molecule has 0 radical (unpaired) electrons. The fourth-order valence-corrected chi connectivity index (χ4v) is 2.96. The van der Waals surface area contributed by atoms with Crippen molar-refractivity contribution < 1.29 is 4.79 Å². The van der Waals surface area contributed by atoms with Gasteiger partial charge in [0.1, 0.15) is 4.88 Å². The lowest BCUT2D eigenvalue weighted by Crippen LogP contribution is -2.16. The summed E-state index contributed by atoms with van der Waals surface area (Å²) < 4.78 is 3.96. The molecular formula is C16H20N2OS. The number of hydrogen-bond acceptors (Lipinski definition) is 4. The number of nitrogens with zero attached hydrogens (tertiary/aromatic N) is 2. The molecule has 2 aromatic rings. The quantitative estimate of drug-likeness (QED) is 0.798. The Bertz CT molecular complexity index is 611. The predicted molar refractivity (Wildman–Crippen MR) is 82.5 cm³/mol. The third-order valence-corrected chi connectivity index (χ3v) is 3.86. The van der Waals surface area contributed by atoms with Crippen molar-refractivity contribution in [1.82, 2.24) is 9.59 Å². The molecule has 0 amide bonds. The van der Waals surface area contributed by atoms with Crippen LogP contribution in [-0.2, 0) is 11.8 Å². The molecule has 0 bridgehead atoms. The highest BCUT2D eigenvalue weighted by Crippen LogP contribution is 2.27. The second-order valence-corrected chi connectivity index (χ2v) is 6.73. The molecule has 1 heterocycles. The van der Waals surface area contributed by atoms with Gasteiger partial charge in [-0.3, -0.25) is 4.79 Å². The lowest BCUT2D eigenvalue weighted by Gasteiger charge is -2.16. The van der Waals surface area contributed by atoms with Gasteiger partial charge in [-0.05, 0) is 29.6 Å². The molecule has 0 aliphatic rings. The Hall–Kier alpha value is -1.55. The summed E-state index contributed by atoms with van der Waals surface area (Å²) in [6.07, 6.45) is 2.07. The Kier molecular flexibility index (Phi) is 4.33. The lowest BCUT2D eigenvalue weighted by atomic mass is 9.89. The largest absolute Gasteiger partial charge is 0.288 e. The van der Waals surface area contributed by atoms with Crippen LogP contribution in [-0.4, -0.2) is 15.4 Å². The third kappa shape index (κ3) is 3.12. The van der Waals surface area contributed by atoms with Crippen LogP contribution < -0.4 is 0 Å². The van der Waals surface area contributed by atoms with Crippen LogP contribution in [0.15, 0.2) is 24.3 Å². The lowest BCUT2D eigenvalue weighted by molar-refractivity contribution is 0.104. The minimum atomic E-state index is -0.168. The van der Waals surface area contributed by atoms with Crippen LogP contribution in [0.5, 0.6) is 0 Å². The van der Waals surface area contributed by atoms with Gasteiger partial charge in [0.25, 0.3) is 0 Å². The van der Waals surface area contributed by atoms with Crippen molar-refractivity contribution >= 4 is 17.3 Å². The maximum absolute atomic E-state index is 12.7. The number of aryl methyl sites for hydroxylation is 1. The number of carbonyl (C=O) groups is 1. The summed E-state index contributed by atoms with van der Waals surface area (Å²) in [6, 6.07) is 7.87. The van der Waals surface area contributed by atoms with Gasteiger partial charge in [0.15, 0.2) is 0 Å². The van der Waals surface area contributed by atoms with E-state index in [-0.39, 0.29) is 11.2 Å². The Morgan fingerprint density at radius 2 is 2.05 bits per heavy atom. The molecule has 0 N–H and O–H groups in total. The molecule has 20 heavy (non-hydrogen) atoms. The molecule has 106 valence electrons. The number of aromatic nitrogens is 2. The van der Waals surface area contributed by atoms with Crippen molar-refractivity contribution in [1.29, 1.82) is 0 Å². The second-order valence-electron chi connectivity index (χ2n) is 5.98. The zero-order chi connectivity index (χ0) is 14.8. The molecule has 0 unspecified atom stereocenters. The van der Waals surface area contributed by atoms with E-state index in [9.17, 15) is 4.79 Å². The Morgan fingerprint density at radius 3 is 2.70 bits per heavy atom. The van der Waals surface area contributed by atoms with Crippen molar-refractivity contribution in [3.05, 3.63) is 46.0 Å². The van der Waals surface area contributed by atoms with Crippen LogP contribution in [0.3, 0.4) is 0 Å². The van der Waals surface area contributed by atoms with E-state index in [4.69, 9.17) is 0 Å². The Balaban J connectivity index is 2.37. The van der Waals surface area contributed by atoms with Crippen LogP contribution in [0.4, 0.5) is 0 Å². The highest BCUT2D eigenvalue weighted by molar-refractivity contribution is 7.08. The summed E-state index contributed by atoms with van der Waals surface area (Å²) in [5.74, 6) is 0.0304. The first-order valence-electron chi connectivity index (χ1n) is 6.90. The monoisotopic (exact) mass is 288 g/mol. The first-order chi connectivity index (χ1) is 9.43. The summed E-state index contributed by atoms with van der Waals surface area (Å²) in [5, 5.41) is 4.14. The molecule has 3 nitrogen and oxygen atoms in total. The average molecular weight is 288 g/mol. The van der Waals surface area contributed by atoms with Crippen LogP contribution in [0, 0.1) is 0 Å². The van der Waals surface area contributed by atoms with Gasteiger partial charge < -0.3 is 0 Å². The molecule has 1 aromatic heterocycles. The number of ketones is 1. The normalized spacial score (nSPS) is 11.6. The fraction of sp³-hybridized carbons (Fsp3) is 0.438. The summed E-state index contributed by atoms with van der Waals surface area (Å²) in [4.78, 5) is 13.3. The van der Waals surface area contributed by atoms with E-state index in [2.05, 4.69) is 22.6 Å². The minimum Gasteiger partial charge on any atom is -0.288 e. The molecule has 2 rings (SSSR count). The Morgan fingerprint density at radius 1 is 1.30 bits per heavy atom. The maximum Gasteiger partial charge on any atom is 0.206 e. The van der Waals surface area contributed by atoms with Crippen LogP contribution in [0.1, 0.15) is 60.6 Å². The van der Waals surface area contributed by atoms with Crippen molar-refractivity contribution in [3.8, 4) is 0 Å². The molecule has 1 aromatic carbocycles. The number of carbonyl (C=O) groups excluding carboxylic acids is 1. The minimum absolute atomic E-state index is 0.0304. The fourth-order valence-electron chi connectivity index (χ4n) is 2.12. The first kappa shape index (κ1) is 14.9. The van der Waals surface area contributed by atoms with Crippen LogP contribution >= 0.6 is 11.5 Å². The molecule has 0 spiro atoms. The van der Waals surface area contributed by atoms with E-state index < -0.39 is 0 Å². The molecule has 0 atom stereocenters. The van der Waals surface area contributed by atoms with Gasteiger partial charge in [0.05, 0.1) is 5.69 Å². The van der Waals surface area contributed by atoms with Crippen molar-refractivity contribution in [2.24, 2.45) is 0 Å². The first-order valence-corrected chi connectivity index (χ1v) is 7.67. The highest BCUT2D eigenvalue weighted by Gasteiger charge is 2.26. The standard InChI is InChI=1S/C16H20N2OS/c1-5-7-11-8-6-9-12(10-11)13(19)14-15(16(2,3)4)17-18-20-14/h6,8-10H,5,7H2,1-4H3. The molecule has 0 saturated heterocycles. The van der Waals surface area contributed by atoms with Gasteiger partial charge in [-0.2, -0.15) is 0 Å². The number of rotatable bonds is 4. The Labute approximate surface area is 124 Å². The summed E-state index contributed by atoms with van der Waals surface area (Å²) in [7, 11) is 0. The smallest absolute Gasteiger partial charge is 0.206 e. The molecule has 0 aliphatic carbocycles. The number of hydrogen-bond donors (Lipinski definition) is 0. The predicted octanol–water partition coefficient (Wildman–Crippen LogP) is 4.02. The molecule has 0 aliphatic heterocycles. The maximum atomic E-state index is 12.7. The summed E-state index contributed by atoms with van der Waals surface area (Å²) >= 11 is 1.19.